The number of aromatic nitrogens is 1. The molecule has 0 spiro atoms. The zero-order valence-electron chi connectivity index (χ0n) is 11.0. The Bertz CT molecular complexity index is 629. The molecule has 0 unspecified atom stereocenters. The lowest BCUT2D eigenvalue weighted by atomic mass is 10.2. The summed E-state index contributed by atoms with van der Waals surface area (Å²) < 4.78 is 48.2. The molecule has 0 radical (unpaired) electrons. The van der Waals surface area contributed by atoms with Crippen LogP contribution in [0.2, 0.25) is 0 Å². The van der Waals surface area contributed by atoms with Crippen LogP contribution in [0, 0.1) is 0 Å². The zero-order chi connectivity index (χ0) is 15.5. The fraction of sp³-hybridized carbons (Fsp3) is 0.214. The third-order valence-electron chi connectivity index (χ3n) is 2.69. The highest BCUT2D eigenvalue weighted by molar-refractivity contribution is 5.44. The molecular formula is C14H12F3NO3. The molecule has 21 heavy (non-hydrogen) atoms. The summed E-state index contributed by atoms with van der Waals surface area (Å²) >= 11 is 0. The van der Waals surface area contributed by atoms with Gasteiger partial charge in [-0.3, -0.25) is 0 Å². The smallest absolute Gasteiger partial charge is 0.416 e. The van der Waals surface area contributed by atoms with Gasteiger partial charge in [0.25, 0.3) is 0 Å². The predicted octanol–water partition coefficient (Wildman–Crippen LogP) is 3.39. The number of aliphatic hydroxyl groups excluding tert-OH is 1. The first-order chi connectivity index (χ1) is 9.94. The number of hydrogen-bond donors (Lipinski definition) is 1. The van der Waals surface area contributed by atoms with Crippen molar-refractivity contribution in [1.29, 1.82) is 0 Å². The lowest BCUT2D eigenvalue weighted by Gasteiger charge is -2.12. The molecule has 0 bridgehead atoms. The number of hydrogen-bond acceptors (Lipinski definition) is 4. The topological polar surface area (TPSA) is 51.6 Å². The maximum atomic E-state index is 12.6. The summed E-state index contributed by atoms with van der Waals surface area (Å²) in [4.78, 5) is 3.74. The molecule has 0 saturated heterocycles. The van der Waals surface area contributed by atoms with Gasteiger partial charge in [0.2, 0.25) is 5.88 Å². The van der Waals surface area contributed by atoms with Crippen molar-refractivity contribution in [3.05, 3.63) is 47.7 Å². The van der Waals surface area contributed by atoms with E-state index in [1.165, 1.54) is 19.2 Å². The summed E-state index contributed by atoms with van der Waals surface area (Å²) in [6.07, 6.45) is -3.45. The third-order valence-corrected chi connectivity index (χ3v) is 2.69. The first-order valence-electron chi connectivity index (χ1n) is 5.93. The van der Waals surface area contributed by atoms with Crippen molar-refractivity contribution in [2.75, 3.05) is 7.11 Å². The van der Waals surface area contributed by atoms with Crippen molar-refractivity contribution < 1.29 is 27.8 Å². The number of alkyl halides is 3. The van der Waals surface area contributed by atoms with E-state index in [-0.39, 0.29) is 18.2 Å². The SMILES string of the molecule is COc1cc(CO)ccc1Oc1cc(C(F)(F)F)ccn1. The molecule has 0 saturated carbocycles. The van der Waals surface area contributed by atoms with Crippen molar-refractivity contribution in [3.8, 4) is 17.4 Å². The Hall–Kier alpha value is -2.28. The molecule has 2 rings (SSSR count). The number of pyridine rings is 1. The fourth-order valence-electron chi connectivity index (χ4n) is 1.65. The van der Waals surface area contributed by atoms with Gasteiger partial charge >= 0.3 is 6.18 Å². The standard InChI is InChI=1S/C14H12F3NO3/c1-20-12-6-9(8-19)2-3-11(12)21-13-7-10(4-5-18-13)14(15,16)17/h2-7,19H,8H2,1H3. The van der Waals surface area contributed by atoms with E-state index in [9.17, 15) is 13.2 Å². The predicted molar refractivity (Wildman–Crippen MR) is 68.2 cm³/mol. The van der Waals surface area contributed by atoms with E-state index in [2.05, 4.69) is 4.98 Å². The van der Waals surface area contributed by atoms with E-state index in [4.69, 9.17) is 14.6 Å². The van der Waals surface area contributed by atoms with Gasteiger partial charge in [-0.2, -0.15) is 13.2 Å². The molecule has 0 aliphatic heterocycles. The van der Waals surface area contributed by atoms with E-state index in [1.807, 2.05) is 0 Å². The molecular weight excluding hydrogens is 287 g/mol. The van der Waals surface area contributed by atoms with Gasteiger partial charge < -0.3 is 14.6 Å². The van der Waals surface area contributed by atoms with Gasteiger partial charge in [0.15, 0.2) is 11.5 Å². The molecule has 7 heteroatoms. The number of aliphatic hydroxyl groups is 1. The van der Waals surface area contributed by atoms with E-state index in [0.29, 0.717) is 11.3 Å². The number of ether oxygens (including phenoxy) is 2. The summed E-state index contributed by atoms with van der Waals surface area (Å²) in [5, 5.41) is 9.03. The van der Waals surface area contributed by atoms with Crippen LogP contribution < -0.4 is 9.47 Å². The minimum Gasteiger partial charge on any atom is -0.493 e. The molecule has 112 valence electrons. The van der Waals surface area contributed by atoms with Crippen molar-refractivity contribution in [1.82, 2.24) is 4.98 Å². The van der Waals surface area contributed by atoms with E-state index in [0.717, 1.165) is 18.3 Å². The Kier molecular flexibility index (Phi) is 4.32. The molecule has 1 N–H and O–H groups in total. The number of benzene rings is 1. The van der Waals surface area contributed by atoms with Gasteiger partial charge in [0, 0.05) is 12.3 Å². The molecule has 0 aliphatic rings. The van der Waals surface area contributed by atoms with Crippen LogP contribution in [0.15, 0.2) is 36.5 Å². The first-order valence-corrected chi connectivity index (χ1v) is 5.93. The summed E-state index contributed by atoms with van der Waals surface area (Å²) in [5.41, 5.74) is -0.255. The highest BCUT2D eigenvalue weighted by atomic mass is 19.4. The number of methoxy groups -OCH3 is 1. The van der Waals surface area contributed by atoms with Crippen molar-refractivity contribution in [2.45, 2.75) is 12.8 Å². The van der Waals surface area contributed by atoms with E-state index < -0.39 is 11.7 Å². The first kappa shape index (κ1) is 15.1. The Morgan fingerprint density at radius 1 is 1.14 bits per heavy atom. The van der Waals surface area contributed by atoms with Crippen molar-refractivity contribution >= 4 is 0 Å². The Morgan fingerprint density at radius 2 is 1.90 bits per heavy atom. The molecule has 0 atom stereocenters. The minimum absolute atomic E-state index is 0.182. The molecule has 0 aliphatic carbocycles. The third kappa shape index (κ3) is 3.63. The number of halogens is 3. The highest BCUT2D eigenvalue weighted by Crippen LogP contribution is 2.34. The van der Waals surface area contributed by atoms with E-state index in [1.54, 1.807) is 6.07 Å². The summed E-state index contributed by atoms with van der Waals surface area (Å²) in [6.45, 7) is -0.182. The summed E-state index contributed by atoms with van der Waals surface area (Å²) in [5.74, 6) is 0.308. The molecule has 0 amide bonds. The van der Waals surface area contributed by atoms with Crippen LogP contribution in [0.5, 0.6) is 17.4 Å². The second kappa shape index (κ2) is 6.01. The molecule has 1 heterocycles. The second-order valence-electron chi connectivity index (χ2n) is 4.13. The van der Waals surface area contributed by atoms with Gasteiger partial charge in [-0.15, -0.1) is 0 Å². The summed E-state index contributed by atoms with van der Waals surface area (Å²) in [6, 6.07) is 6.26. The monoisotopic (exact) mass is 299 g/mol. The molecule has 1 aromatic heterocycles. The van der Waals surface area contributed by atoms with Crippen LogP contribution in [0.1, 0.15) is 11.1 Å². The number of rotatable bonds is 4. The van der Waals surface area contributed by atoms with Gasteiger partial charge in [-0.1, -0.05) is 6.07 Å². The van der Waals surface area contributed by atoms with Crippen LogP contribution in [0.3, 0.4) is 0 Å². The van der Waals surface area contributed by atoms with E-state index >= 15 is 0 Å². The Labute approximate surface area is 118 Å². The quantitative estimate of drug-likeness (QED) is 0.940. The molecule has 2 aromatic rings. The van der Waals surface area contributed by atoms with Crippen LogP contribution in [-0.2, 0) is 12.8 Å². The van der Waals surface area contributed by atoms with Gasteiger partial charge in [-0.25, -0.2) is 4.98 Å². The van der Waals surface area contributed by atoms with Crippen molar-refractivity contribution in [3.63, 3.8) is 0 Å². The fourth-order valence-corrected chi connectivity index (χ4v) is 1.65. The normalized spacial score (nSPS) is 11.3. The van der Waals surface area contributed by atoms with Crippen LogP contribution in [-0.4, -0.2) is 17.2 Å². The van der Waals surface area contributed by atoms with Crippen LogP contribution >= 0.6 is 0 Å². The minimum atomic E-state index is -4.47. The van der Waals surface area contributed by atoms with Crippen LogP contribution in [0.4, 0.5) is 13.2 Å². The molecule has 1 aromatic carbocycles. The number of nitrogens with zero attached hydrogens (tertiary/aromatic N) is 1. The van der Waals surface area contributed by atoms with Gasteiger partial charge in [0.05, 0.1) is 19.3 Å². The Balaban J connectivity index is 2.30. The summed E-state index contributed by atoms with van der Waals surface area (Å²) in [7, 11) is 1.39. The zero-order valence-corrected chi connectivity index (χ0v) is 11.0. The Morgan fingerprint density at radius 3 is 2.52 bits per heavy atom. The molecule has 4 nitrogen and oxygen atoms in total. The average molecular weight is 299 g/mol. The van der Waals surface area contributed by atoms with Crippen molar-refractivity contribution in [2.24, 2.45) is 0 Å². The van der Waals surface area contributed by atoms with Gasteiger partial charge in [0.1, 0.15) is 0 Å². The second-order valence-corrected chi connectivity index (χ2v) is 4.13. The van der Waals surface area contributed by atoms with Gasteiger partial charge in [-0.05, 0) is 23.8 Å². The lowest BCUT2D eigenvalue weighted by molar-refractivity contribution is -0.137. The highest BCUT2D eigenvalue weighted by Gasteiger charge is 2.31. The largest absolute Gasteiger partial charge is 0.493 e. The lowest BCUT2D eigenvalue weighted by Crippen LogP contribution is -2.05. The molecule has 0 fully saturated rings. The maximum Gasteiger partial charge on any atom is 0.416 e. The maximum absolute atomic E-state index is 12.6. The average Bonchev–Trinajstić information content (AvgIpc) is 2.47. The van der Waals surface area contributed by atoms with Crippen LogP contribution in [0.25, 0.3) is 0 Å².